The summed E-state index contributed by atoms with van der Waals surface area (Å²) >= 11 is 1.74. The predicted molar refractivity (Wildman–Crippen MR) is 75.0 cm³/mol. The van der Waals surface area contributed by atoms with Crippen LogP contribution in [0.2, 0.25) is 0 Å². The molecule has 0 aliphatic rings. The van der Waals surface area contributed by atoms with Gasteiger partial charge in [-0.15, -0.1) is 11.3 Å². The minimum atomic E-state index is -0.760. The number of hydrogen-bond acceptors (Lipinski definition) is 3. The van der Waals surface area contributed by atoms with Gasteiger partial charge in [0.15, 0.2) is 0 Å². The molecule has 0 fully saturated rings. The van der Waals surface area contributed by atoms with Gasteiger partial charge >= 0.3 is 5.97 Å². The summed E-state index contributed by atoms with van der Waals surface area (Å²) in [7, 11) is 0. The normalized spacial score (nSPS) is 11.2. The van der Waals surface area contributed by atoms with E-state index in [1.54, 1.807) is 11.3 Å². The second-order valence-corrected chi connectivity index (χ2v) is 5.52. The fourth-order valence-electron chi connectivity index (χ4n) is 2.06. The van der Waals surface area contributed by atoms with Gasteiger partial charge in [0.2, 0.25) is 0 Å². The molecule has 1 aromatic heterocycles. The van der Waals surface area contributed by atoms with Gasteiger partial charge in [-0.05, 0) is 30.5 Å². The number of aliphatic carboxylic acids is 1. The van der Waals surface area contributed by atoms with Gasteiger partial charge in [0.1, 0.15) is 0 Å². The molecule has 0 saturated carbocycles. The van der Waals surface area contributed by atoms with Crippen molar-refractivity contribution >= 4 is 27.4 Å². The fourth-order valence-corrected chi connectivity index (χ4v) is 3.16. The molecular formula is C14H17NO2S. The Labute approximate surface area is 111 Å². The lowest BCUT2D eigenvalue weighted by molar-refractivity contribution is -0.138. The highest BCUT2D eigenvalue weighted by Gasteiger charge is 2.11. The summed E-state index contributed by atoms with van der Waals surface area (Å²) < 4.78 is 1.26. The Hall–Kier alpha value is -1.39. The van der Waals surface area contributed by atoms with E-state index in [2.05, 4.69) is 25.1 Å². The van der Waals surface area contributed by atoms with Crippen LogP contribution in [0.5, 0.6) is 0 Å². The highest BCUT2D eigenvalue weighted by Crippen LogP contribution is 2.26. The second-order valence-electron chi connectivity index (χ2n) is 4.35. The van der Waals surface area contributed by atoms with E-state index >= 15 is 0 Å². The van der Waals surface area contributed by atoms with Crippen molar-refractivity contribution in [1.29, 1.82) is 0 Å². The van der Waals surface area contributed by atoms with E-state index in [4.69, 9.17) is 5.11 Å². The molecule has 0 spiro atoms. The molecular weight excluding hydrogens is 246 g/mol. The van der Waals surface area contributed by atoms with E-state index < -0.39 is 5.97 Å². The quantitative estimate of drug-likeness (QED) is 0.870. The third-order valence-corrected chi connectivity index (χ3v) is 3.86. The number of hydrogen-bond donors (Lipinski definition) is 1. The topological polar surface area (TPSA) is 40.5 Å². The zero-order valence-electron chi connectivity index (χ0n) is 10.4. The highest BCUT2D eigenvalue weighted by atomic mass is 32.1. The van der Waals surface area contributed by atoms with Crippen LogP contribution in [0.3, 0.4) is 0 Å². The number of thiophene rings is 1. The first-order valence-corrected chi connectivity index (χ1v) is 6.92. The average Bonchev–Trinajstić information content (AvgIpc) is 2.70. The molecule has 2 aromatic rings. The van der Waals surface area contributed by atoms with E-state index in [1.165, 1.54) is 15.0 Å². The Morgan fingerprint density at radius 3 is 2.83 bits per heavy atom. The van der Waals surface area contributed by atoms with Gasteiger partial charge in [-0.2, -0.15) is 0 Å². The van der Waals surface area contributed by atoms with Gasteiger partial charge in [0, 0.05) is 16.1 Å². The van der Waals surface area contributed by atoms with Crippen molar-refractivity contribution in [2.75, 3.05) is 13.1 Å². The fraction of sp³-hybridized carbons (Fsp3) is 0.357. The zero-order chi connectivity index (χ0) is 13.0. The van der Waals surface area contributed by atoms with Gasteiger partial charge < -0.3 is 5.11 Å². The highest BCUT2D eigenvalue weighted by molar-refractivity contribution is 7.19. The molecule has 1 aromatic carbocycles. The Balaban J connectivity index is 2.12. The molecule has 0 unspecified atom stereocenters. The average molecular weight is 263 g/mol. The van der Waals surface area contributed by atoms with Crippen LogP contribution in [0.4, 0.5) is 0 Å². The lowest BCUT2D eigenvalue weighted by atomic mass is 10.2. The minimum Gasteiger partial charge on any atom is -0.480 e. The number of carboxylic acid groups (broad SMARTS) is 1. The van der Waals surface area contributed by atoms with Crippen LogP contribution in [0.25, 0.3) is 10.1 Å². The number of benzene rings is 1. The Kier molecular flexibility index (Phi) is 4.33. The first kappa shape index (κ1) is 13.1. The smallest absolute Gasteiger partial charge is 0.317 e. The molecule has 96 valence electrons. The maximum atomic E-state index is 10.8. The predicted octanol–water partition coefficient (Wildman–Crippen LogP) is 3.20. The van der Waals surface area contributed by atoms with Crippen LogP contribution in [0, 0.1) is 0 Å². The molecule has 4 heteroatoms. The summed E-state index contributed by atoms with van der Waals surface area (Å²) in [5.41, 5.74) is 0. The first-order valence-electron chi connectivity index (χ1n) is 6.10. The van der Waals surface area contributed by atoms with Crippen LogP contribution < -0.4 is 0 Å². The van der Waals surface area contributed by atoms with Crippen LogP contribution in [-0.2, 0) is 11.3 Å². The lowest BCUT2D eigenvalue weighted by Gasteiger charge is -2.18. The molecule has 0 amide bonds. The van der Waals surface area contributed by atoms with Gasteiger partial charge in [0.25, 0.3) is 0 Å². The number of rotatable bonds is 6. The maximum Gasteiger partial charge on any atom is 0.317 e. The van der Waals surface area contributed by atoms with Crippen LogP contribution in [0.1, 0.15) is 18.2 Å². The van der Waals surface area contributed by atoms with E-state index in [1.807, 2.05) is 17.0 Å². The molecule has 1 heterocycles. The van der Waals surface area contributed by atoms with E-state index in [0.29, 0.717) is 0 Å². The molecule has 2 rings (SSSR count). The minimum absolute atomic E-state index is 0.113. The van der Waals surface area contributed by atoms with Crippen molar-refractivity contribution in [3.8, 4) is 0 Å². The second kappa shape index (κ2) is 5.98. The molecule has 0 aliphatic carbocycles. The van der Waals surface area contributed by atoms with Gasteiger partial charge in [-0.3, -0.25) is 9.69 Å². The van der Waals surface area contributed by atoms with E-state index in [-0.39, 0.29) is 6.54 Å². The van der Waals surface area contributed by atoms with E-state index in [9.17, 15) is 4.79 Å². The molecule has 3 nitrogen and oxygen atoms in total. The standard InChI is InChI=1S/C14H17NO2S/c1-2-7-15(10-14(16)17)9-12-8-11-5-3-4-6-13(11)18-12/h3-6,8H,2,7,9-10H2,1H3,(H,16,17). The van der Waals surface area contributed by atoms with E-state index in [0.717, 1.165) is 19.5 Å². The third kappa shape index (κ3) is 3.31. The summed E-state index contributed by atoms with van der Waals surface area (Å²) in [6, 6.07) is 10.4. The molecule has 18 heavy (non-hydrogen) atoms. The summed E-state index contributed by atoms with van der Waals surface area (Å²) in [5, 5.41) is 10.1. The van der Waals surface area contributed by atoms with Crippen LogP contribution in [0.15, 0.2) is 30.3 Å². The van der Waals surface area contributed by atoms with Crippen molar-refractivity contribution in [2.24, 2.45) is 0 Å². The number of carbonyl (C=O) groups is 1. The van der Waals surface area contributed by atoms with Gasteiger partial charge in [-0.1, -0.05) is 25.1 Å². The summed E-state index contributed by atoms with van der Waals surface area (Å²) in [4.78, 5) is 14.0. The van der Waals surface area contributed by atoms with Crippen molar-refractivity contribution in [3.63, 3.8) is 0 Å². The number of nitrogens with zero attached hydrogens (tertiary/aromatic N) is 1. The maximum absolute atomic E-state index is 10.8. The zero-order valence-corrected chi connectivity index (χ0v) is 11.2. The number of fused-ring (bicyclic) bond motifs is 1. The van der Waals surface area contributed by atoms with Crippen LogP contribution in [-0.4, -0.2) is 29.1 Å². The summed E-state index contributed by atoms with van der Waals surface area (Å²) in [6.07, 6.45) is 0.970. The Bertz CT molecular complexity index is 502. The van der Waals surface area contributed by atoms with Crippen molar-refractivity contribution in [1.82, 2.24) is 4.90 Å². The largest absolute Gasteiger partial charge is 0.480 e. The molecule has 0 saturated heterocycles. The van der Waals surface area contributed by atoms with Crippen molar-refractivity contribution in [2.45, 2.75) is 19.9 Å². The molecule has 0 aliphatic heterocycles. The Morgan fingerprint density at radius 1 is 1.39 bits per heavy atom. The first-order chi connectivity index (χ1) is 8.69. The molecule has 1 N–H and O–H groups in total. The summed E-state index contributed by atoms with van der Waals surface area (Å²) in [6.45, 7) is 3.72. The molecule has 0 radical (unpaired) electrons. The van der Waals surface area contributed by atoms with Gasteiger partial charge in [0.05, 0.1) is 6.54 Å². The lowest BCUT2D eigenvalue weighted by Crippen LogP contribution is -2.29. The van der Waals surface area contributed by atoms with Crippen molar-refractivity contribution in [3.05, 3.63) is 35.2 Å². The molecule has 0 bridgehead atoms. The van der Waals surface area contributed by atoms with Crippen molar-refractivity contribution < 1.29 is 9.90 Å². The summed E-state index contributed by atoms with van der Waals surface area (Å²) in [5.74, 6) is -0.760. The third-order valence-electron chi connectivity index (χ3n) is 2.75. The monoisotopic (exact) mass is 263 g/mol. The Morgan fingerprint density at radius 2 is 2.17 bits per heavy atom. The van der Waals surface area contributed by atoms with Gasteiger partial charge in [-0.25, -0.2) is 0 Å². The SMILES string of the molecule is CCCN(CC(=O)O)Cc1cc2ccccc2s1. The number of carboxylic acids is 1. The van der Waals surface area contributed by atoms with Crippen LogP contribution >= 0.6 is 11.3 Å². The molecule has 0 atom stereocenters.